The third kappa shape index (κ3) is 2.85. The zero-order valence-corrected chi connectivity index (χ0v) is 8.33. The van der Waals surface area contributed by atoms with Crippen LogP contribution in [-0.4, -0.2) is 13.2 Å². The Labute approximate surface area is 83.2 Å². The van der Waals surface area contributed by atoms with E-state index in [9.17, 15) is 4.39 Å². The van der Waals surface area contributed by atoms with Gasteiger partial charge >= 0.3 is 0 Å². The van der Waals surface area contributed by atoms with Crippen molar-refractivity contribution in [1.82, 2.24) is 0 Å². The van der Waals surface area contributed by atoms with Crippen LogP contribution in [0.2, 0.25) is 0 Å². The summed E-state index contributed by atoms with van der Waals surface area (Å²) in [5.41, 5.74) is 6.15. The van der Waals surface area contributed by atoms with Gasteiger partial charge in [-0.25, -0.2) is 4.39 Å². The summed E-state index contributed by atoms with van der Waals surface area (Å²) in [4.78, 5) is 0. The number of hydrogen-bond donors (Lipinski definition) is 1. The molecule has 0 fully saturated rings. The average molecular weight is 195 g/mol. The van der Waals surface area contributed by atoms with Gasteiger partial charge in [-0.1, -0.05) is 12.1 Å². The van der Waals surface area contributed by atoms with E-state index in [1.807, 2.05) is 0 Å². The SMILES string of the molecule is COc1ccc(/C=C(\F)[C@H](C)N)cc1. The number of ether oxygens (including phenoxy) is 1. The summed E-state index contributed by atoms with van der Waals surface area (Å²) in [5.74, 6) is 0.429. The highest BCUT2D eigenvalue weighted by molar-refractivity contribution is 5.53. The number of nitrogens with two attached hydrogens (primary N) is 1. The maximum absolute atomic E-state index is 13.1. The Kier molecular flexibility index (Phi) is 3.65. The van der Waals surface area contributed by atoms with Crippen LogP contribution in [-0.2, 0) is 0 Å². The molecule has 2 N–H and O–H groups in total. The van der Waals surface area contributed by atoms with Crippen molar-refractivity contribution in [3.05, 3.63) is 35.7 Å². The number of hydrogen-bond acceptors (Lipinski definition) is 2. The van der Waals surface area contributed by atoms with E-state index < -0.39 is 6.04 Å². The molecule has 0 aliphatic heterocycles. The monoisotopic (exact) mass is 195 g/mol. The number of methoxy groups -OCH3 is 1. The molecule has 76 valence electrons. The van der Waals surface area contributed by atoms with Gasteiger partial charge in [0.25, 0.3) is 0 Å². The van der Waals surface area contributed by atoms with Crippen molar-refractivity contribution in [2.75, 3.05) is 7.11 Å². The van der Waals surface area contributed by atoms with Gasteiger partial charge in [-0.3, -0.25) is 0 Å². The molecule has 1 aromatic rings. The van der Waals surface area contributed by atoms with Crippen LogP contribution in [0.15, 0.2) is 30.1 Å². The molecule has 0 amide bonds. The van der Waals surface area contributed by atoms with Crippen molar-refractivity contribution < 1.29 is 9.13 Å². The highest BCUT2D eigenvalue weighted by Gasteiger charge is 2.01. The molecule has 1 rings (SSSR count). The summed E-state index contributed by atoms with van der Waals surface area (Å²) in [6.45, 7) is 1.61. The predicted octanol–water partition coefficient (Wildman–Crippen LogP) is 2.35. The van der Waals surface area contributed by atoms with Crippen LogP contribution in [0.25, 0.3) is 6.08 Å². The van der Waals surface area contributed by atoms with Gasteiger partial charge in [0.15, 0.2) is 0 Å². The molecule has 0 aliphatic rings. The van der Waals surface area contributed by atoms with Crippen LogP contribution in [0, 0.1) is 0 Å². The van der Waals surface area contributed by atoms with Gasteiger partial charge in [0.05, 0.1) is 13.2 Å². The minimum atomic E-state index is -0.558. The topological polar surface area (TPSA) is 35.2 Å². The Hall–Kier alpha value is -1.35. The van der Waals surface area contributed by atoms with Gasteiger partial charge in [0, 0.05) is 0 Å². The van der Waals surface area contributed by atoms with Gasteiger partial charge in [0.2, 0.25) is 0 Å². The maximum Gasteiger partial charge on any atom is 0.118 e. The van der Waals surface area contributed by atoms with Gasteiger partial charge < -0.3 is 10.5 Å². The molecular formula is C11H14FNO. The van der Waals surface area contributed by atoms with Crippen LogP contribution in [0.1, 0.15) is 12.5 Å². The smallest absolute Gasteiger partial charge is 0.118 e. The van der Waals surface area contributed by atoms with Crippen LogP contribution in [0.5, 0.6) is 5.75 Å². The molecule has 0 heterocycles. The third-order valence-corrected chi connectivity index (χ3v) is 1.86. The third-order valence-electron chi connectivity index (χ3n) is 1.86. The van der Waals surface area contributed by atoms with Gasteiger partial charge in [-0.15, -0.1) is 0 Å². The molecule has 0 saturated heterocycles. The van der Waals surface area contributed by atoms with E-state index in [4.69, 9.17) is 10.5 Å². The van der Waals surface area contributed by atoms with E-state index >= 15 is 0 Å². The fourth-order valence-corrected chi connectivity index (χ4v) is 0.991. The lowest BCUT2D eigenvalue weighted by Crippen LogP contribution is -2.14. The van der Waals surface area contributed by atoms with Crippen LogP contribution in [0.3, 0.4) is 0 Å². The molecule has 0 saturated carbocycles. The molecule has 0 unspecified atom stereocenters. The molecule has 0 aromatic heterocycles. The Balaban J connectivity index is 2.83. The van der Waals surface area contributed by atoms with Crippen LogP contribution < -0.4 is 10.5 Å². The predicted molar refractivity (Wildman–Crippen MR) is 55.7 cm³/mol. The fourth-order valence-electron chi connectivity index (χ4n) is 0.991. The van der Waals surface area contributed by atoms with E-state index in [-0.39, 0.29) is 5.83 Å². The first kappa shape index (κ1) is 10.7. The van der Waals surface area contributed by atoms with Crippen LogP contribution in [0.4, 0.5) is 4.39 Å². The lowest BCUT2D eigenvalue weighted by atomic mass is 10.1. The minimum Gasteiger partial charge on any atom is -0.497 e. The van der Waals surface area contributed by atoms with E-state index in [2.05, 4.69) is 0 Å². The molecule has 1 aromatic carbocycles. The van der Waals surface area contributed by atoms with E-state index in [0.717, 1.165) is 11.3 Å². The molecule has 1 atom stereocenters. The summed E-state index contributed by atoms with van der Waals surface area (Å²) >= 11 is 0. The molecular weight excluding hydrogens is 181 g/mol. The van der Waals surface area contributed by atoms with Gasteiger partial charge in [-0.2, -0.15) is 0 Å². The molecule has 2 nitrogen and oxygen atoms in total. The van der Waals surface area contributed by atoms with E-state index in [0.29, 0.717) is 0 Å². The zero-order valence-electron chi connectivity index (χ0n) is 8.33. The number of rotatable bonds is 3. The first-order valence-corrected chi connectivity index (χ1v) is 4.40. The Bertz CT molecular complexity index is 317. The highest BCUT2D eigenvalue weighted by Crippen LogP contribution is 2.15. The normalized spacial score (nSPS) is 13.9. The van der Waals surface area contributed by atoms with Crippen molar-refractivity contribution in [1.29, 1.82) is 0 Å². The van der Waals surface area contributed by atoms with Crippen molar-refractivity contribution in [3.63, 3.8) is 0 Å². The molecule has 14 heavy (non-hydrogen) atoms. The van der Waals surface area contributed by atoms with E-state index in [1.165, 1.54) is 6.08 Å². The van der Waals surface area contributed by atoms with Crippen molar-refractivity contribution in [2.24, 2.45) is 5.73 Å². The summed E-state index contributed by atoms with van der Waals surface area (Å²) < 4.78 is 18.1. The maximum atomic E-state index is 13.1. The second kappa shape index (κ2) is 4.77. The lowest BCUT2D eigenvalue weighted by Gasteiger charge is -2.02. The molecule has 0 aliphatic carbocycles. The standard InChI is InChI=1S/C11H14FNO/c1-8(13)11(12)7-9-3-5-10(14-2)6-4-9/h3-8H,13H2,1-2H3/b11-7-/t8-/m0/s1. The number of halogens is 1. The molecule has 3 heteroatoms. The second-order valence-corrected chi connectivity index (χ2v) is 3.09. The molecule has 0 bridgehead atoms. The fraction of sp³-hybridized carbons (Fsp3) is 0.273. The average Bonchev–Trinajstić information content (AvgIpc) is 2.19. The van der Waals surface area contributed by atoms with Crippen LogP contribution >= 0.6 is 0 Å². The summed E-state index contributed by atoms with van der Waals surface area (Å²) in [7, 11) is 1.59. The Morgan fingerprint density at radius 1 is 1.43 bits per heavy atom. The van der Waals surface area contributed by atoms with Gasteiger partial charge in [0.1, 0.15) is 11.6 Å². The zero-order chi connectivity index (χ0) is 10.6. The largest absolute Gasteiger partial charge is 0.497 e. The quantitative estimate of drug-likeness (QED) is 0.803. The summed E-state index contributed by atoms with van der Waals surface area (Å²) in [6.07, 6.45) is 1.42. The highest BCUT2D eigenvalue weighted by atomic mass is 19.1. The van der Waals surface area contributed by atoms with Crippen molar-refractivity contribution >= 4 is 6.08 Å². The Morgan fingerprint density at radius 3 is 2.43 bits per heavy atom. The molecule has 0 spiro atoms. The first-order chi connectivity index (χ1) is 6.63. The minimum absolute atomic E-state index is 0.324. The summed E-state index contributed by atoms with van der Waals surface area (Å²) in [5, 5.41) is 0. The van der Waals surface area contributed by atoms with Crippen molar-refractivity contribution in [3.8, 4) is 5.75 Å². The number of benzene rings is 1. The molecule has 0 radical (unpaired) electrons. The first-order valence-electron chi connectivity index (χ1n) is 4.40. The summed E-state index contributed by atoms with van der Waals surface area (Å²) in [6, 6.07) is 6.56. The van der Waals surface area contributed by atoms with Crippen molar-refractivity contribution in [2.45, 2.75) is 13.0 Å². The Morgan fingerprint density at radius 2 is 2.00 bits per heavy atom. The lowest BCUT2D eigenvalue weighted by molar-refractivity contribution is 0.415. The van der Waals surface area contributed by atoms with Gasteiger partial charge in [-0.05, 0) is 30.7 Å². The second-order valence-electron chi connectivity index (χ2n) is 3.09. The van der Waals surface area contributed by atoms with E-state index in [1.54, 1.807) is 38.3 Å².